The second-order valence-electron chi connectivity index (χ2n) is 4.36. The average molecular weight is 305 g/mol. The van der Waals surface area contributed by atoms with Gasteiger partial charge in [0.2, 0.25) is 5.13 Å². The number of thiazole rings is 1. The molecular weight excluding hydrogens is 285 g/mol. The van der Waals surface area contributed by atoms with Gasteiger partial charge in [-0.1, -0.05) is 0 Å². The summed E-state index contributed by atoms with van der Waals surface area (Å²) < 4.78 is 23.2. The highest BCUT2D eigenvalue weighted by atomic mass is 32.1. The molecule has 108 valence electrons. The Labute approximate surface area is 117 Å². The van der Waals surface area contributed by atoms with E-state index in [0.29, 0.717) is 5.13 Å². The zero-order chi connectivity index (χ0) is 14.3. The molecule has 19 heavy (non-hydrogen) atoms. The van der Waals surface area contributed by atoms with E-state index in [2.05, 4.69) is 15.5 Å². The molecule has 0 atom stereocenters. The highest BCUT2D eigenvalue weighted by molar-refractivity contribution is 7.54. The van der Waals surface area contributed by atoms with Gasteiger partial charge in [-0.15, -0.1) is 11.3 Å². The van der Waals surface area contributed by atoms with Gasteiger partial charge < -0.3 is 9.05 Å². The van der Waals surface area contributed by atoms with Gasteiger partial charge in [-0.25, -0.2) is 4.98 Å². The van der Waals surface area contributed by atoms with Gasteiger partial charge in [0.1, 0.15) is 0 Å². The van der Waals surface area contributed by atoms with Crippen molar-refractivity contribution in [3.63, 3.8) is 0 Å². The molecule has 0 bridgehead atoms. The van der Waals surface area contributed by atoms with Gasteiger partial charge in [0.05, 0.1) is 18.4 Å². The highest BCUT2D eigenvalue weighted by Gasteiger charge is 2.26. The van der Waals surface area contributed by atoms with Crippen LogP contribution in [0.3, 0.4) is 0 Å². The molecule has 1 N–H and O–H groups in total. The minimum absolute atomic E-state index is 0.127. The second kappa shape index (κ2) is 7.75. The molecule has 6 nitrogen and oxygen atoms in total. The molecule has 1 heterocycles. The molecule has 0 saturated carbocycles. The second-order valence-corrected chi connectivity index (χ2v) is 7.27. The number of aromatic nitrogens is 1. The Morgan fingerprint density at radius 3 is 2.53 bits per heavy atom. The summed E-state index contributed by atoms with van der Waals surface area (Å²) in [5.74, 6) is 0. The van der Waals surface area contributed by atoms with Crippen LogP contribution >= 0.6 is 18.9 Å². The van der Waals surface area contributed by atoms with Crippen LogP contribution in [-0.4, -0.2) is 29.6 Å². The normalized spacial score (nSPS) is 12.7. The van der Waals surface area contributed by atoms with Crippen molar-refractivity contribution in [3.8, 4) is 0 Å². The molecule has 1 aromatic rings. The summed E-state index contributed by atoms with van der Waals surface area (Å²) in [4.78, 5) is 4.01. The molecule has 0 aliphatic carbocycles. The summed E-state index contributed by atoms with van der Waals surface area (Å²) in [5, 5.41) is 6.48. The molecule has 0 radical (unpaired) electrons. The summed E-state index contributed by atoms with van der Waals surface area (Å²) in [6, 6.07) is 0. The highest BCUT2D eigenvalue weighted by Crippen LogP contribution is 2.49. The summed E-state index contributed by atoms with van der Waals surface area (Å²) in [6.45, 7) is 7.28. The summed E-state index contributed by atoms with van der Waals surface area (Å²) in [6.07, 6.45) is 2.97. The molecule has 1 rings (SSSR count). The van der Waals surface area contributed by atoms with Crippen molar-refractivity contribution in [2.24, 2.45) is 5.10 Å². The number of hydrogen-bond donors (Lipinski definition) is 1. The first-order valence-electron chi connectivity index (χ1n) is 6.04. The van der Waals surface area contributed by atoms with Crippen LogP contribution in [-0.2, 0) is 13.6 Å². The number of hydrazone groups is 1. The van der Waals surface area contributed by atoms with Gasteiger partial charge in [0, 0.05) is 17.8 Å². The van der Waals surface area contributed by atoms with Gasteiger partial charge in [-0.2, -0.15) is 5.10 Å². The minimum atomic E-state index is -3.14. The number of nitrogens with one attached hydrogen (secondary N) is 1. The van der Waals surface area contributed by atoms with Gasteiger partial charge in [-0.3, -0.25) is 9.99 Å². The average Bonchev–Trinajstić information content (AvgIpc) is 2.74. The molecule has 1 aromatic heterocycles. The first-order chi connectivity index (χ1) is 8.91. The fourth-order valence-electron chi connectivity index (χ4n) is 1.27. The quantitative estimate of drug-likeness (QED) is 0.451. The van der Waals surface area contributed by atoms with Gasteiger partial charge in [0.25, 0.3) is 0 Å². The molecule has 0 fully saturated rings. The van der Waals surface area contributed by atoms with Crippen molar-refractivity contribution in [2.75, 3.05) is 11.6 Å². The van der Waals surface area contributed by atoms with Crippen LogP contribution < -0.4 is 5.43 Å². The fraction of sp³-hybridized carbons (Fsp3) is 0.636. The van der Waals surface area contributed by atoms with E-state index in [0.717, 1.165) is 0 Å². The smallest absolute Gasteiger partial charge is 0.306 e. The Morgan fingerprint density at radius 2 is 2.05 bits per heavy atom. The fourth-order valence-corrected chi connectivity index (χ4v) is 3.54. The maximum absolute atomic E-state index is 12.4. The van der Waals surface area contributed by atoms with Crippen LogP contribution in [0.4, 0.5) is 5.13 Å². The number of nitrogens with zero attached hydrogens (tertiary/aromatic N) is 2. The van der Waals surface area contributed by atoms with Crippen molar-refractivity contribution in [1.82, 2.24) is 4.98 Å². The minimum Gasteiger partial charge on any atom is -0.306 e. The van der Waals surface area contributed by atoms with Crippen molar-refractivity contribution in [3.05, 3.63) is 11.6 Å². The molecule has 0 saturated heterocycles. The third-order valence-corrected chi connectivity index (χ3v) is 4.51. The first kappa shape index (κ1) is 16.3. The Morgan fingerprint density at radius 1 is 1.42 bits per heavy atom. The Bertz CT molecular complexity index is 420. The molecule has 8 heteroatoms. The van der Waals surface area contributed by atoms with Gasteiger partial charge in [-0.05, 0) is 27.7 Å². The molecule has 0 spiro atoms. The summed E-state index contributed by atoms with van der Waals surface area (Å²) in [5.41, 5.74) is 2.75. The largest absolute Gasteiger partial charge is 0.336 e. The van der Waals surface area contributed by atoms with Crippen molar-refractivity contribution >= 4 is 30.3 Å². The SMILES string of the molecule is CC(C)OP(=O)(CC=NNc1nccs1)OC(C)C. The third kappa shape index (κ3) is 6.82. The number of rotatable bonds is 8. The maximum Gasteiger partial charge on any atom is 0.336 e. The summed E-state index contributed by atoms with van der Waals surface area (Å²) in [7, 11) is -3.14. The first-order valence-corrected chi connectivity index (χ1v) is 8.65. The Hall–Kier alpha value is -0.750. The molecule has 0 aliphatic heterocycles. The van der Waals surface area contributed by atoms with E-state index in [9.17, 15) is 4.57 Å². The monoisotopic (exact) mass is 305 g/mol. The van der Waals surface area contributed by atoms with Crippen LogP contribution in [0, 0.1) is 0 Å². The van der Waals surface area contributed by atoms with Crippen LogP contribution in [0.5, 0.6) is 0 Å². The number of anilines is 1. The van der Waals surface area contributed by atoms with Gasteiger partial charge >= 0.3 is 7.60 Å². The van der Waals surface area contributed by atoms with Crippen LogP contribution in [0.25, 0.3) is 0 Å². The Kier molecular flexibility index (Phi) is 6.65. The van der Waals surface area contributed by atoms with Crippen LogP contribution in [0.15, 0.2) is 16.7 Å². The van der Waals surface area contributed by atoms with Crippen molar-refractivity contribution in [2.45, 2.75) is 39.9 Å². The molecule has 0 unspecified atom stereocenters. The molecule has 0 aromatic carbocycles. The van der Waals surface area contributed by atoms with Gasteiger partial charge in [0.15, 0.2) is 0 Å². The standard InChI is InChI=1S/C11H20N3O3PS/c1-9(2)16-18(15,17-10(3)4)7-5-13-14-11-12-6-8-19-11/h5-6,8-10H,7H2,1-4H3,(H,12,14). The lowest BCUT2D eigenvalue weighted by atomic mass is 10.5. The predicted molar refractivity (Wildman–Crippen MR) is 79.1 cm³/mol. The van der Waals surface area contributed by atoms with E-state index >= 15 is 0 Å². The lowest BCUT2D eigenvalue weighted by molar-refractivity contribution is 0.145. The summed E-state index contributed by atoms with van der Waals surface area (Å²) >= 11 is 1.43. The van der Waals surface area contributed by atoms with E-state index in [1.165, 1.54) is 17.6 Å². The van der Waals surface area contributed by atoms with E-state index in [4.69, 9.17) is 9.05 Å². The van der Waals surface area contributed by atoms with Crippen molar-refractivity contribution < 1.29 is 13.6 Å². The lowest BCUT2D eigenvalue weighted by Crippen LogP contribution is -2.11. The zero-order valence-electron chi connectivity index (χ0n) is 11.6. The molecular formula is C11H20N3O3PS. The predicted octanol–water partition coefficient (Wildman–Crippen LogP) is 3.58. The maximum atomic E-state index is 12.4. The van der Waals surface area contributed by atoms with Crippen LogP contribution in [0.2, 0.25) is 0 Å². The third-order valence-electron chi connectivity index (χ3n) is 1.73. The topological polar surface area (TPSA) is 72.8 Å². The van der Waals surface area contributed by atoms with Crippen LogP contribution in [0.1, 0.15) is 27.7 Å². The number of hydrogen-bond acceptors (Lipinski definition) is 7. The van der Waals surface area contributed by atoms with E-state index in [1.54, 1.807) is 6.20 Å². The van der Waals surface area contributed by atoms with E-state index in [1.807, 2.05) is 33.1 Å². The lowest BCUT2D eigenvalue weighted by Gasteiger charge is -2.21. The van der Waals surface area contributed by atoms with Crippen molar-refractivity contribution in [1.29, 1.82) is 0 Å². The van der Waals surface area contributed by atoms with E-state index in [-0.39, 0.29) is 18.4 Å². The molecule has 0 aliphatic rings. The Balaban J connectivity index is 2.52. The molecule has 0 amide bonds. The zero-order valence-corrected chi connectivity index (χ0v) is 13.3. The van der Waals surface area contributed by atoms with E-state index < -0.39 is 7.60 Å².